The van der Waals surface area contributed by atoms with E-state index in [1.54, 1.807) is 0 Å². The van der Waals surface area contributed by atoms with Crippen LogP contribution in [0.25, 0.3) is 0 Å². The number of rotatable bonds is 7. The van der Waals surface area contributed by atoms with Crippen molar-refractivity contribution in [3.63, 3.8) is 0 Å². The average Bonchev–Trinajstić information content (AvgIpc) is 3.05. The Bertz CT molecular complexity index is 690. The molecule has 3 rings (SSSR count). The van der Waals surface area contributed by atoms with Crippen molar-refractivity contribution >= 4 is 17.6 Å². The molecule has 2 saturated heterocycles. The van der Waals surface area contributed by atoms with Gasteiger partial charge >= 0.3 is 6.03 Å². The summed E-state index contributed by atoms with van der Waals surface area (Å²) >= 11 is 0. The van der Waals surface area contributed by atoms with Gasteiger partial charge in [0.2, 0.25) is 5.91 Å². The maximum atomic E-state index is 12.5. The molecule has 0 radical (unpaired) electrons. The van der Waals surface area contributed by atoms with Crippen LogP contribution in [0.2, 0.25) is 0 Å². The number of aryl methyl sites for hydroxylation is 1. The van der Waals surface area contributed by atoms with Crippen molar-refractivity contribution in [3.8, 4) is 0 Å². The molecule has 0 spiro atoms. The van der Waals surface area contributed by atoms with Crippen molar-refractivity contribution in [1.82, 2.24) is 15.1 Å². The molecule has 0 aliphatic carbocycles. The Morgan fingerprint density at radius 2 is 1.65 bits per heavy atom. The van der Waals surface area contributed by atoms with Gasteiger partial charge in [-0.25, -0.2) is 4.79 Å². The van der Waals surface area contributed by atoms with Crippen molar-refractivity contribution < 1.29 is 9.59 Å². The molecule has 1 aromatic carbocycles. The van der Waals surface area contributed by atoms with Crippen molar-refractivity contribution in [1.29, 1.82) is 0 Å². The van der Waals surface area contributed by atoms with Crippen LogP contribution < -0.4 is 10.6 Å². The Labute approximate surface area is 187 Å². The van der Waals surface area contributed by atoms with Crippen molar-refractivity contribution in [3.05, 3.63) is 29.8 Å². The minimum atomic E-state index is -0.0470. The third-order valence-electron chi connectivity index (χ3n) is 6.83. The second-order valence-electron chi connectivity index (χ2n) is 9.37. The van der Waals surface area contributed by atoms with Gasteiger partial charge in [-0.2, -0.15) is 0 Å². The molecule has 172 valence electrons. The first kappa shape index (κ1) is 23.6. The molecule has 0 aromatic heterocycles. The lowest BCUT2D eigenvalue weighted by Crippen LogP contribution is -2.42. The summed E-state index contributed by atoms with van der Waals surface area (Å²) in [5.74, 6) is 0.525. The minimum absolute atomic E-state index is 0.0470. The second kappa shape index (κ2) is 12.1. The summed E-state index contributed by atoms with van der Waals surface area (Å²) in [6.45, 7) is 8.89. The highest BCUT2D eigenvalue weighted by molar-refractivity contribution is 5.89. The van der Waals surface area contributed by atoms with Crippen LogP contribution in [0.15, 0.2) is 24.3 Å². The normalized spacial score (nSPS) is 19.5. The molecular formula is C25H40N4O2. The van der Waals surface area contributed by atoms with Gasteiger partial charge in [0.25, 0.3) is 0 Å². The number of nitrogens with one attached hydrogen (secondary N) is 2. The van der Waals surface area contributed by atoms with Crippen LogP contribution in [0.4, 0.5) is 10.5 Å². The highest BCUT2D eigenvalue weighted by Crippen LogP contribution is 2.21. The predicted molar refractivity (Wildman–Crippen MR) is 126 cm³/mol. The first-order valence-electron chi connectivity index (χ1n) is 12.1. The van der Waals surface area contributed by atoms with E-state index in [0.29, 0.717) is 31.5 Å². The topological polar surface area (TPSA) is 64.7 Å². The van der Waals surface area contributed by atoms with E-state index in [-0.39, 0.29) is 11.9 Å². The zero-order valence-electron chi connectivity index (χ0n) is 19.4. The number of likely N-dealkylation sites (tertiary alicyclic amines) is 2. The van der Waals surface area contributed by atoms with E-state index in [1.807, 2.05) is 36.1 Å². The van der Waals surface area contributed by atoms with E-state index in [0.717, 1.165) is 31.5 Å². The number of amides is 3. The zero-order valence-corrected chi connectivity index (χ0v) is 19.4. The molecule has 2 heterocycles. The van der Waals surface area contributed by atoms with E-state index in [9.17, 15) is 9.59 Å². The van der Waals surface area contributed by atoms with E-state index in [2.05, 4.69) is 22.5 Å². The number of anilines is 1. The van der Waals surface area contributed by atoms with E-state index in [4.69, 9.17) is 0 Å². The standard InChI is InChI=1S/C25H40N4O2/c1-20-7-9-23(10-8-20)27-25(31)29-17-12-22(13-18-29)19-24(30)26-14-11-21(2)28-15-5-3-4-6-16-28/h7-10,21-22H,3-6,11-19H2,1-2H3,(H,26,30)(H,27,31). The summed E-state index contributed by atoms with van der Waals surface area (Å²) in [6.07, 6.45) is 8.68. The third-order valence-corrected chi connectivity index (χ3v) is 6.83. The van der Waals surface area contributed by atoms with Gasteiger partial charge in [0.1, 0.15) is 0 Å². The zero-order chi connectivity index (χ0) is 22.1. The number of carbonyl (C=O) groups excluding carboxylic acids is 2. The summed E-state index contributed by atoms with van der Waals surface area (Å²) in [6, 6.07) is 8.34. The molecule has 2 aliphatic rings. The van der Waals surface area contributed by atoms with Crippen LogP contribution in [0.1, 0.15) is 63.9 Å². The molecule has 2 N–H and O–H groups in total. The highest BCUT2D eigenvalue weighted by Gasteiger charge is 2.24. The van der Waals surface area contributed by atoms with Crippen LogP contribution in [0.3, 0.4) is 0 Å². The Kier molecular flexibility index (Phi) is 9.19. The van der Waals surface area contributed by atoms with Gasteiger partial charge in [-0.1, -0.05) is 30.5 Å². The molecule has 1 unspecified atom stereocenters. The molecular weight excluding hydrogens is 388 g/mol. The van der Waals surface area contributed by atoms with Crippen LogP contribution in [0, 0.1) is 12.8 Å². The molecule has 31 heavy (non-hydrogen) atoms. The molecule has 1 atom stereocenters. The monoisotopic (exact) mass is 428 g/mol. The number of hydrogen-bond acceptors (Lipinski definition) is 3. The predicted octanol–water partition coefficient (Wildman–Crippen LogP) is 4.40. The molecule has 6 heteroatoms. The smallest absolute Gasteiger partial charge is 0.321 e. The van der Waals surface area contributed by atoms with Gasteiger partial charge in [0.05, 0.1) is 0 Å². The van der Waals surface area contributed by atoms with Gasteiger partial charge in [-0.05, 0) is 77.1 Å². The summed E-state index contributed by atoms with van der Waals surface area (Å²) in [4.78, 5) is 29.3. The van der Waals surface area contributed by atoms with Gasteiger partial charge < -0.3 is 20.4 Å². The fourth-order valence-corrected chi connectivity index (χ4v) is 4.65. The quantitative estimate of drug-likeness (QED) is 0.677. The first-order chi connectivity index (χ1) is 15.0. The van der Waals surface area contributed by atoms with Crippen molar-refractivity contribution in [2.45, 2.75) is 71.3 Å². The minimum Gasteiger partial charge on any atom is -0.356 e. The Morgan fingerprint density at radius 1 is 1.00 bits per heavy atom. The molecule has 2 aliphatic heterocycles. The average molecular weight is 429 g/mol. The lowest BCUT2D eigenvalue weighted by atomic mass is 9.93. The van der Waals surface area contributed by atoms with E-state index >= 15 is 0 Å². The van der Waals surface area contributed by atoms with Crippen LogP contribution in [0.5, 0.6) is 0 Å². The number of urea groups is 1. The number of benzene rings is 1. The van der Waals surface area contributed by atoms with E-state index in [1.165, 1.54) is 44.3 Å². The van der Waals surface area contributed by atoms with Crippen molar-refractivity contribution in [2.75, 3.05) is 38.0 Å². The first-order valence-corrected chi connectivity index (χ1v) is 12.1. The van der Waals surface area contributed by atoms with Crippen LogP contribution in [-0.2, 0) is 4.79 Å². The summed E-state index contributed by atoms with van der Waals surface area (Å²) < 4.78 is 0. The Balaban J connectivity index is 1.30. The highest BCUT2D eigenvalue weighted by atomic mass is 16.2. The SMILES string of the molecule is Cc1ccc(NC(=O)N2CCC(CC(=O)NCCC(C)N3CCCCCC3)CC2)cc1. The van der Waals surface area contributed by atoms with Crippen LogP contribution in [-0.4, -0.2) is 60.5 Å². The van der Waals surface area contributed by atoms with Crippen LogP contribution >= 0.6 is 0 Å². The number of hydrogen-bond donors (Lipinski definition) is 2. The molecule has 2 fully saturated rings. The second-order valence-corrected chi connectivity index (χ2v) is 9.37. The Morgan fingerprint density at radius 3 is 2.29 bits per heavy atom. The number of nitrogens with zero attached hydrogens (tertiary/aromatic N) is 2. The lowest BCUT2D eigenvalue weighted by Gasteiger charge is -2.32. The van der Waals surface area contributed by atoms with Gasteiger partial charge in [-0.3, -0.25) is 4.79 Å². The Hall–Kier alpha value is -2.08. The fraction of sp³-hybridized carbons (Fsp3) is 0.680. The molecule has 1 aromatic rings. The van der Waals surface area contributed by atoms with Gasteiger partial charge in [-0.15, -0.1) is 0 Å². The molecule has 0 bridgehead atoms. The maximum Gasteiger partial charge on any atom is 0.321 e. The van der Waals surface area contributed by atoms with E-state index < -0.39 is 0 Å². The number of carbonyl (C=O) groups is 2. The number of piperidine rings is 1. The summed E-state index contributed by atoms with van der Waals surface area (Å²) in [7, 11) is 0. The van der Waals surface area contributed by atoms with Gasteiger partial charge in [0, 0.05) is 37.8 Å². The lowest BCUT2D eigenvalue weighted by molar-refractivity contribution is -0.122. The van der Waals surface area contributed by atoms with Crippen molar-refractivity contribution in [2.24, 2.45) is 5.92 Å². The largest absolute Gasteiger partial charge is 0.356 e. The molecule has 6 nitrogen and oxygen atoms in total. The molecule has 0 saturated carbocycles. The third kappa shape index (κ3) is 7.84. The molecule has 3 amide bonds. The fourth-order valence-electron chi connectivity index (χ4n) is 4.65. The summed E-state index contributed by atoms with van der Waals surface area (Å²) in [5.41, 5.74) is 2.00. The summed E-state index contributed by atoms with van der Waals surface area (Å²) in [5, 5.41) is 6.10. The van der Waals surface area contributed by atoms with Gasteiger partial charge in [0.15, 0.2) is 0 Å². The maximum absolute atomic E-state index is 12.5.